The molecule has 128 valence electrons. The fourth-order valence-corrected chi connectivity index (χ4v) is 4.10. The molecule has 0 N–H and O–H groups in total. The van der Waals surface area contributed by atoms with Gasteiger partial charge in [0, 0.05) is 31.9 Å². The fraction of sp³-hybridized carbons (Fsp3) is 0.526. The normalized spacial score (nSPS) is 27.6. The maximum absolute atomic E-state index is 6.31. The predicted octanol–water partition coefficient (Wildman–Crippen LogP) is 2.89. The van der Waals surface area contributed by atoms with Gasteiger partial charge >= 0.3 is 0 Å². The molecule has 24 heavy (non-hydrogen) atoms. The predicted molar refractivity (Wildman–Crippen MR) is 92.1 cm³/mol. The molecule has 2 aliphatic rings. The molecule has 1 spiro atoms. The standard InChI is InChI=1S/C19H25N3O2/c1-23-18-5-3-16(4-6-18)12-21-9-2-7-19(14-21)11-17(13-24-19)22-10-8-20-15-22/h3-6,8,10,15,17H,2,7,9,11-14H2,1H3. The van der Waals surface area contributed by atoms with Gasteiger partial charge < -0.3 is 14.0 Å². The Balaban J connectivity index is 1.40. The van der Waals surface area contributed by atoms with Crippen molar-refractivity contribution < 1.29 is 9.47 Å². The van der Waals surface area contributed by atoms with Crippen molar-refractivity contribution in [3.8, 4) is 5.75 Å². The maximum Gasteiger partial charge on any atom is 0.118 e. The first-order chi connectivity index (χ1) is 11.8. The van der Waals surface area contributed by atoms with Crippen LogP contribution in [0.2, 0.25) is 0 Å². The van der Waals surface area contributed by atoms with E-state index in [1.54, 1.807) is 7.11 Å². The lowest BCUT2D eigenvalue weighted by molar-refractivity contribution is -0.0534. The molecule has 2 atom stereocenters. The van der Waals surface area contributed by atoms with Crippen molar-refractivity contribution in [2.45, 2.75) is 37.5 Å². The topological polar surface area (TPSA) is 39.5 Å². The summed E-state index contributed by atoms with van der Waals surface area (Å²) in [5, 5.41) is 0. The van der Waals surface area contributed by atoms with Crippen molar-refractivity contribution in [2.24, 2.45) is 0 Å². The third-order valence-electron chi connectivity index (χ3n) is 5.32. The molecule has 4 rings (SSSR count). The summed E-state index contributed by atoms with van der Waals surface area (Å²) < 4.78 is 13.7. The Morgan fingerprint density at radius 1 is 1.33 bits per heavy atom. The summed E-state index contributed by atoms with van der Waals surface area (Å²) in [6.45, 7) is 3.94. The van der Waals surface area contributed by atoms with Gasteiger partial charge in [0.15, 0.2) is 0 Å². The van der Waals surface area contributed by atoms with E-state index < -0.39 is 0 Å². The van der Waals surface area contributed by atoms with Gasteiger partial charge in [-0.25, -0.2) is 4.98 Å². The third kappa shape index (κ3) is 3.19. The Labute approximate surface area is 143 Å². The highest BCUT2D eigenvalue weighted by atomic mass is 16.5. The third-order valence-corrected chi connectivity index (χ3v) is 5.32. The number of hydrogen-bond acceptors (Lipinski definition) is 4. The summed E-state index contributed by atoms with van der Waals surface area (Å²) >= 11 is 0. The van der Waals surface area contributed by atoms with Crippen LogP contribution in [-0.2, 0) is 11.3 Å². The zero-order valence-corrected chi connectivity index (χ0v) is 14.2. The van der Waals surface area contributed by atoms with E-state index in [1.807, 2.05) is 30.9 Å². The van der Waals surface area contributed by atoms with Crippen molar-refractivity contribution in [1.29, 1.82) is 0 Å². The number of piperidine rings is 1. The Hall–Kier alpha value is -1.85. The minimum atomic E-state index is 0.0135. The lowest BCUT2D eigenvalue weighted by Crippen LogP contribution is -2.47. The van der Waals surface area contributed by atoms with E-state index in [0.29, 0.717) is 6.04 Å². The molecular weight excluding hydrogens is 302 g/mol. The Morgan fingerprint density at radius 3 is 2.96 bits per heavy atom. The molecule has 5 nitrogen and oxygen atoms in total. The van der Waals surface area contributed by atoms with E-state index in [4.69, 9.17) is 9.47 Å². The Bertz CT molecular complexity index is 656. The largest absolute Gasteiger partial charge is 0.497 e. The number of imidazole rings is 1. The smallest absolute Gasteiger partial charge is 0.118 e. The second-order valence-corrected chi connectivity index (χ2v) is 7.02. The quantitative estimate of drug-likeness (QED) is 0.866. The van der Waals surface area contributed by atoms with Gasteiger partial charge in [-0.3, -0.25) is 4.90 Å². The molecule has 0 saturated carbocycles. The number of nitrogens with zero attached hydrogens (tertiary/aromatic N) is 3. The molecule has 2 fully saturated rings. The second kappa shape index (κ2) is 6.57. The zero-order chi connectivity index (χ0) is 16.4. The molecule has 2 unspecified atom stereocenters. The monoisotopic (exact) mass is 327 g/mol. The molecule has 5 heteroatoms. The molecule has 3 heterocycles. The number of benzene rings is 1. The number of aromatic nitrogens is 2. The lowest BCUT2D eigenvalue weighted by Gasteiger charge is -2.39. The molecule has 0 aliphatic carbocycles. The number of rotatable bonds is 4. The summed E-state index contributed by atoms with van der Waals surface area (Å²) in [6, 6.07) is 8.81. The van der Waals surface area contributed by atoms with Crippen molar-refractivity contribution in [2.75, 3.05) is 26.8 Å². The van der Waals surface area contributed by atoms with Gasteiger partial charge in [-0.05, 0) is 37.1 Å². The molecule has 1 aromatic carbocycles. The average Bonchev–Trinajstić information content (AvgIpc) is 3.26. The van der Waals surface area contributed by atoms with Gasteiger partial charge in [0.25, 0.3) is 0 Å². The van der Waals surface area contributed by atoms with Crippen LogP contribution in [0.5, 0.6) is 5.75 Å². The highest BCUT2D eigenvalue weighted by molar-refractivity contribution is 5.27. The van der Waals surface area contributed by atoms with Crippen LogP contribution >= 0.6 is 0 Å². The minimum absolute atomic E-state index is 0.0135. The van der Waals surface area contributed by atoms with Crippen LogP contribution in [0.3, 0.4) is 0 Å². The lowest BCUT2D eigenvalue weighted by atomic mass is 9.88. The Kier molecular flexibility index (Phi) is 4.29. The molecule has 2 aliphatic heterocycles. The summed E-state index contributed by atoms with van der Waals surface area (Å²) in [6.07, 6.45) is 9.25. The van der Waals surface area contributed by atoms with Crippen LogP contribution in [0.25, 0.3) is 0 Å². The van der Waals surface area contributed by atoms with Crippen molar-refractivity contribution >= 4 is 0 Å². The fourth-order valence-electron chi connectivity index (χ4n) is 4.10. The van der Waals surface area contributed by atoms with Crippen LogP contribution in [0.1, 0.15) is 30.9 Å². The number of ether oxygens (including phenoxy) is 2. The summed E-state index contributed by atoms with van der Waals surface area (Å²) in [5.74, 6) is 0.913. The van der Waals surface area contributed by atoms with Crippen molar-refractivity contribution in [3.63, 3.8) is 0 Å². The number of hydrogen-bond donors (Lipinski definition) is 0. The van der Waals surface area contributed by atoms with Gasteiger partial charge in [-0.2, -0.15) is 0 Å². The molecule has 1 aromatic heterocycles. The van der Waals surface area contributed by atoms with E-state index in [1.165, 1.54) is 12.0 Å². The van der Waals surface area contributed by atoms with Gasteiger partial charge in [0.1, 0.15) is 5.75 Å². The first-order valence-electron chi connectivity index (χ1n) is 8.73. The number of methoxy groups -OCH3 is 1. The van der Waals surface area contributed by atoms with E-state index in [-0.39, 0.29) is 5.60 Å². The first kappa shape index (κ1) is 15.7. The van der Waals surface area contributed by atoms with Gasteiger partial charge in [-0.1, -0.05) is 12.1 Å². The van der Waals surface area contributed by atoms with Crippen molar-refractivity contribution in [1.82, 2.24) is 14.5 Å². The maximum atomic E-state index is 6.31. The van der Waals surface area contributed by atoms with Crippen LogP contribution < -0.4 is 4.74 Å². The molecule has 2 saturated heterocycles. The highest BCUT2D eigenvalue weighted by Crippen LogP contribution is 2.39. The molecule has 0 amide bonds. The van der Waals surface area contributed by atoms with Crippen LogP contribution in [0.15, 0.2) is 43.0 Å². The second-order valence-electron chi connectivity index (χ2n) is 7.02. The summed E-state index contributed by atoms with van der Waals surface area (Å²) in [4.78, 5) is 6.70. The van der Waals surface area contributed by atoms with Gasteiger partial charge in [0.2, 0.25) is 0 Å². The SMILES string of the molecule is COc1ccc(CN2CCCC3(CC(n4ccnc4)CO3)C2)cc1. The summed E-state index contributed by atoms with van der Waals surface area (Å²) in [7, 11) is 1.71. The average molecular weight is 327 g/mol. The first-order valence-corrected chi connectivity index (χ1v) is 8.73. The Morgan fingerprint density at radius 2 is 2.21 bits per heavy atom. The van der Waals surface area contributed by atoms with Crippen LogP contribution in [0, 0.1) is 0 Å². The van der Waals surface area contributed by atoms with Gasteiger partial charge in [-0.15, -0.1) is 0 Å². The van der Waals surface area contributed by atoms with E-state index in [0.717, 1.165) is 44.8 Å². The molecule has 0 radical (unpaired) electrons. The van der Waals surface area contributed by atoms with Crippen LogP contribution in [-0.4, -0.2) is 46.9 Å². The van der Waals surface area contributed by atoms with Crippen molar-refractivity contribution in [3.05, 3.63) is 48.5 Å². The highest BCUT2D eigenvalue weighted by Gasteiger charge is 2.43. The van der Waals surface area contributed by atoms with E-state index in [2.05, 4.69) is 26.6 Å². The van der Waals surface area contributed by atoms with E-state index in [9.17, 15) is 0 Å². The minimum Gasteiger partial charge on any atom is -0.497 e. The molecular formula is C19H25N3O2. The summed E-state index contributed by atoms with van der Waals surface area (Å²) in [5.41, 5.74) is 1.34. The van der Waals surface area contributed by atoms with E-state index >= 15 is 0 Å². The zero-order valence-electron chi connectivity index (χ0n) is 14.2. The van der Waals surface area contributed by atoms with Gasteiger partial charge in [0.05, 0.1) is 31.7 Å². The molecule has 0 bridgehead atoms. The van der Waals surface area contributed by atoms with Crippen LogP contribution in [0.4, 0.5) is 0 Å². The number of likely N-dealkylation sites (tertiary alicyclic amines) is 1. The molecule has 2 aromatic rings.